The van der Waals surface area contributed by atoms with E-state index in [-0.39, 0.29) is 22.4 Å². The molecular weight excluding hydrogens is 462 g/mol. The maximum absolute atomic E-state index is 13.2. The fourth-order valence-electron chi connectivity index (χ4n) is 3.48. The molecule has 3 aromatic rings. The van der Waals surface area contributed by atoms with Gasteiger partial charge < -0.3 is 10.6 Å². The molecule has 0 radical (unpaired) electrons. The third kappa shape index (κ3) is 6.08. The molecule has 0 aromatic heterocycles. The normalized spacial score (nSPS) is 12.0. The third-order valence-electron chi connectivity index (χ3n) is 6.00. The second kappa shape index (κ2) is 10.7. The zero-order valence-electron chi connectivity index (χ0n) is 20.6. The Bertz CT molecular complexity index is 1370. The maximum atomic E-state index is 13.2. The van der Waals surface area contributed by atoms with Crippen LogP contribution >= 0.6 is 0 Å². The van der Waals surface area contributed by atoms with Crippen molar-refractivity contribution in [2.75, 3.05) is 10.0 Å². The van der Waals surface area contributed by atoms with Gasteiger partial charge in [-0.3, -0.25) is 14.3 Å². The Kier molecular flexibility index (Phi) is 7.96. The zero-order valence-corrected chi connectivity index (χ0v) is 21.4. The van der Waals surface area contributed by atoms with Gasteiger partial charge in [0.15, 0.2) is 0 Å². The van der Waals surface area contributed by atoms with Gasteiger partial charge in [0.2, 0.25) is 0 Å². The molecule has 0 aliphatic rings. The summed E-state index contributed by atoms with van der Waals surface area (Å²) in [4.78, 5) is 25.7. The summed E-state index contributed by atoms with van der Waals surface area (Å²) in [5, 5.41) is 5.64. The van der Waals surface area contributed by atoms with Gasteiger partial charge in [0, 0.05) is 11.6 Å². The highest BCUT2D eigenvalue weighted by Crippen LogP contribution is 2.25. The van der Waals surface area contributed by atoms with Gasteiger partial charge in [-0.2, -0.15) is 0 Å². The summed E-state index contributed by atoms with van der Waals surface area (Å²) in [6.45, 7) is 9.30. The lowest BCUT2D eigenvalue weighted by molar-refractivity contribution is 0.0940. The summed E-state index contributed by atoms with van der Waals surface area (Å²) in [7, 11) is -3.94. The van der Waals surface area contributed by atoms with E-state index in [1.807, 2.05) is 33.8 Å². The summed E-state index contributed by atoms with van der Waals surface area (Å²) in [6.07, 6.45) is 0.775. The molecule has 2 amide bonds. The van der Waals surface area contributed by atoms with Crippen LogP contribution < -0.4 is 15.4 Å². The number of sulfonamides is 1. The molecule has 0 aliphatic carbocycles. The fraction of sp³-hybridized carbons (Fsp3) is 0.259. The van der Waals surface area contributed by atoms with Gasteiger partial charge in [0.25, 0.3) is 21.8 Å². The van der Waals surface area contributed by atoms with Crippen LogP contribution in [0.1, 0.15) is 57.7 Å². The molecule has 0 saturated carbocycles. The van der Waals surface area contributed by atoms with Crippen molar-refractivity contribution in [1.29, 1.82) is 0 Å². The van der Waals surface area contributed by atoms with Crippen LogP contribution in [-0.4, -0.2) is 26.3 Å². The second-order valence-corrected chi connectivity index (χ2v) is 10.3. The number of amides is 2. The van der Waals surface area contributed by atoms with Crippen LogP contribution in [0.2, 0.25) is 0 Å². The number of benzene rings is 3. The van der Waals surface area contributed by atoms with E-state index in [1.165, 1.54) is 6.07 Å². The van der Waals surface area contributed by atoms with Gasteiger partial charge in [0.1, 0.15) is 0 Å². The first-order valence-corrected chi connectivity index (χ1v) is 12.9. The van der Waals surface area contributed by atoms with Crippen LogP contribution in [0.3, 0.4) is 0 Å². The van der Waals surface area contributed by atoms with Gasteiger partial charge in [-0.25, -0.2) is 8.42 Å². The lowest BCUT2D eigenvalue weighted by atomic mass is 10.1. The van der Waals surface area contributed by atoms with Gasteiger partial charge in [0.05, 0.1) is 21.8 Å². The van der Waals surface area contributed by atoms with Crippen LogP contribution in [0, 0.1) is 20.8 Å². The van der Waals surface area contributed by atoms with Crippen molar-refractivity contribution in [2.45, 2.75) is 52.0 Å². The Balaban J connectivity index is 1.89. The molecule has 7 nitrogen and oxygen atoms in total. The first kappa shape index (κ1) is 26.0. The van der Waals surface area contributed by atoms with Crippen LogP contribution in [0.4, 0.5) is 11.4 Å². The van der Waals surface area contributed by atoms with Gasteiger partial charge >= 0.3 is 0 Å². The molecule has 8 heteroatoms. The Morgan fingerprint density at radius 3 is 2.26 bits per heavy atom. The number of anilines is 2. The van der Waals surface area contributed by atoms with Crippen molar-refractivity contribution in [3.05, 3.63) is 88.5 Å². The van der Waals surface area contributed by atoms with E-state index in [4.69, 9.17) is 0 Å². The first-order chi connectivity index (χ1) is 16.5. The molecular formula is C27H31N3O4S. The van der Waals surface area contributed by atoms with Crippen molar-refractivity contribution in [3.63, 3.8) is 0 Å². The Labute approximate surface area is 207 Å². The average molecular weight is 494 g/mol. The van der Waals surface area contributed by atoms with Crippen molar-refractivity contribution in [2.24, 2.45) is 0 Å². The van der Waals surface area contributed by atoms with Crippen LogP contribution in [0.5, 0.6) is 0 Å². The fourth-order valence-corrected chi connectivity index (χ4v) is 4.88. The topological polar surface area (TPSA) is 104 Å². The average Bonchev–Trinajstić information content (AvgIpc) is 2.82. The van der Waals surface area contributed by atoms with E-state index in [0.717, 1.165) is 17.5 Å². The molecule has 0 fully saturated rings. The van der Waals surface area contributed by atoms with Gasteiger partial charge in [-0.05, 0) is 81.1 Å². The lowest BCUT2D eigenvalue weighted by Crippen LogP contribution is -2.32. The number of carbonyl (C=O) groups is 2. The smallest absolute Gasteiger partial charge is 0.262 e. The minimum absolute atomic E-state index is 0.00820. The van der Waals surface area contributed by atoms with E-state index < -0.39 is 15.9 Å². The minimum Gasteiger partial charge on any atom is -0.350 e. The standard InChI is InChI=1S/C27H31N3O4S/c1-6-19(4)28-27(32)22-11-7-8-12-24(22)29-26(31)21-15-14-18(3)25(16-21)35(33,34)30-23-13-9-10-17(2)20(23)5/h7-16,19,30H,6H2,1-5H3,(H,28,32)(H,29,31)/t19-/m0/s1. The largest absolute Gasteiger partial charge is 0.350 e. The highest BCUT2D eigenvalue weighted by atomic mass is 32.2. The van der Waals surface area contributed by atoms with Crippen LogP contribution in [0.25, 0.3) is 0 Å². The highest BCUT2D eigenvalue weighted by molar-refractivity contribution is 7.92. The Morgan fingerprint density at radius 2 is 1.54 bits per heavy atom. The summed E-state index contributed by atoms with van der Waals surface area (Å²) in [5.41, 5.74) is 3.62. The van der Waals surface area contributed by atoms with E-state index in [9.17, 15) is 18.0 Å². The molecule has 184 valence electrons. The molecule has 0 aliphatic heterocycles. The van der Waals surface area contributed by atoms with Crippen LogP contribution in [-0.2, 0) is 10.0 Å². The molecule has 0 spiro atoms. The van der Waals surface area contributed by atoms with E-state index in [2.05, 4.69) is 15.4 Å². The molecule has 0 bridgehead atoms. The molecule has 3 aromatic carbocycles. The van der Waals surface area contributed by atoms with Crippen molar-refractivity contribution in [3.8, 4) is 0 Å². The number of carbonyl (C=O) groups excluding carboxylic acids is 2. The zero-order chi connectivity index (χ0) is 25.8. The van der Waals surface area contributed by atoms with E-state index in [1.54, 1.807) is 55.5 Å². The van der Waals surface area contributed by atoms with Gasteiger partial charge in [-0.15, -0.1) is 0 Å². The van der Waals surface area contributed by atoms with Crippen molar-refractivity contribution >= 4 is 33.2 Å². The summed E-state index contributed by atoms with van der Waals surface area (Å²) in [5.74, 6) is -0.808. The number of hydrogen-bond acceptors (Lipinski definition) is 4. The lowest BCUT2D eigenvalue weighted by Gasteiger charge is -2.16. The monoisotopic (exact) mass is 493 g/mol. The number of rotatable bonds is 8. The van der Waals surface area contributed by atoms with E-state index >= 15 is 0 Å². The first-order valence-electron chi connectivity index (χ1n) is 11.4. The Hall–Kier alpha value is -3.65. The molecule has 0 unspecified atom stereocenters. The number of nitrogens with one attached hydrogen (secondary N) is 3. The van der Waals surface area contributed by atoms with Gasteiger partial charge in [-0.1, -0.05) is 37.3 Å². The predicted molar refractivity (Wildman–Crippen MR) is 140 cm³/mol. The molecule has 3 N–H and O–H groups in total. The summed E-state index contributed by atoms with van der Waals surface area (Å²) >= 11 is 0. The third-order valence-corrected chi connectivity index (χ3v) is 7.51. The molecule has 1 atom stereocenters. The number of hydrogen-bond donors (Lipinski definition) is 3. The number of aryl methyl sites for hydroxylation is 2. The Morgan fingerprint density at radius 1 is 0.857 bits per heavy atom. The molecule has 35 heavy (non-hydrogen) atoms. The molecule has 3 rings (SSSR count). The van der Waals surface area contributed by atoms with Crippen LogP contribution in [0.15, 0.2) is 65.6 Å². The van der Waals surface area contributed by atoms with Crippen molar-refractivity contribution in [1.82, 2.24) is 5.32 Å². The highest BCUT2D eigenvalue weighted by Gasteiger charge is 2.21. The quantitative estimate of drug-likeness (QED) is 0.401. The SMILES string of the molecule is CC[C@H](C)NC(=O)c1ccccc1NC(=O)c1ccc(C)c(S(=O)(=O)Nc2cccc(C)c2C)c1. The van der Waals surface area contributed by atoms with Crippen molar-refractivity contribution < 1.29 is 18.0 Å². The molecule has 0 heterocycles. The minimum atomic E-state index is -3.94. The van der Waals surface area contributed by atoms with E-state index in [0.29, 0.717) is 22.5 Å². The molecule has 0 saturated heterocycles. The second-order valence-electron chi connectivity index (χ2n) is 8.62. The summed E-state index contributed by atoms with van der Waals surface area (Å²) in [6, 6.07) is 16.6. The number of para-hydroxylation sites is 1. The predicted octanol–water partition coefficient (Wildman–Crippen LogP) is 5.19. The maximum Gasteiger partial charge on any atom is 0.262 e. The summed E-state index contributed by atoms with van der Waals surface area (Å²) < 4.78 is 29.0.